The predicted molar refractivity (Wildman–Crippen MR) is 81.9 cm³/mol. The quantitative estimate of drug-likeness (QED) is 0.823. The first-order chi connectivity index (χ1) is 10.5. The van der Waals surface area contributed by atoms with Crippen molar-refractivity contribution in [3.05, 3.63) is 28.2 Å². The van der Waals surface area contributed by atoms with Crippen LogP contribution in [0, 0.1) is 11.8 Å². The number of rotatable bonds is 3. The van der Waals surface area contributed by atoms with Crippen LogP contribution in [0.4, 0.5) is 5.69 Å². The highest BCUT2D eigenvalue weighted by molar-refractivity contribution is 6.42. The summed E-state index contributed by atoms with van der Waals surface area (Å²) < 4.78 is 0. The van der Waals surface area contributed by atoms with Gasteiger partial charge < -0.3 is 19.7 Å². The van der Waals surface area contributed by atoms with Crippen molar-refractivity contribution < 1.29 is 14.7 Å². The number of piperazine rings is 1. The zero-order valence-electron chi connectivity index (χ0n) is 11.8. The number of benzene rings is 1. The fraction of sp³-hybridized carbons (Fsp3) is 0.467. The largest absolute Gasteiger partial charge is 0.550 e. The van der Waals surface area contributed by atoms with Gasteiger partial charge in [0.25, 0.3) is 0 Å². The molecular weight excluding hydrogens is 327 g/mol. The summed E-state index contributed by atoms with van der Waals surface area (Å²) in [6.07, 6.45) is 0.411. The minimum absolute atomic E-state index is 0.0667. The lowest BCUT2D eigenvalue weighted by Gasteiger charge is -2.36. The zero-order chi connectivity index (χ0) is 15.9. The predicted octanol–water partition coefficient (Wildman–Crippen LogP) is 1.03. The van der Waals surface area contributed by atoms with E-state index in [1.54, 1.807) is 11.0 Å². The van der Waals surface area contributed by atoms with Crippen LogP contribution in [0.25, 0.3) is 0 Å². The molecule has 0 bridgehead atoms. The van der Waals surface area contributed by atoms with Crippen molar-refractivity contribution in [1.82, 2.24) is 4.90 Å². The number of aliphatic carboxylic acids is 1. The van der Waals surface area contributed by atoms with Gasteiger partial charge in [0.2, 0.25) is 5.91 Å². The van der Waals surface area contributed by atoms with E-state index in [4.69, 9.17) is 23.2 Å². The Kier molecular flexibility index (Phi) is 4.19. The molecule has 0 unspecified atom stereocenters. The van der Waals surface area contributed by atoms with Crippen LogP contribution in [-0.4, -0.2) is 43.0 Å². The molecule has 1 saturated carbocycles. The summed E-state index contributed by atoms with van der Waals surface area (Å²) in [6.45, 7) is 2.53. The molecular formula is C15H15Cl2N2O3-. The van der Waals surface area contributed by atoms with Crippen LogP contribution in [0.1, 0.15) is 6.42 Å². The number of hydrogen-bond acceptors (Lipinski definition) is 4. The second-order valence-corrected chi connectivity index (χ2v) is 6.49. The Bertz CT molecular complexity index is 615. The Morgan fingerprint density at radius 3 is 2.27 bits per heavy atom. The van der Waals surface area contributed by atoms with E-state index in [-0.39, 0.29) is 11.8 Å². The maximum atomic E-state index is 12.2. The van der Waals surface area contributed by atoms with Gasteiger partial charge in [-0.25, -0.2) is 0 Å². The Labute approximate surface area is 138 Å². The van der Waals surface area contributed by atoms with Crippen molar-refractivity contribution in [3.63, 3.8) is 0 Å². The molecule has 1 heterocycles. The molecule has 1 aliphatic heterocycles. The van der Waals surface area contributed by atoms with E-state index >= 15 is 0 Å². The molecule has 0 radical (unpaired) electrons. The van der Waals surface area contributed by atoms with Gasteiger partial charge in [0.1, 0.15) is 0 Å². The van der Waals surface area contributed by atoms with Crippen molar-refractivity contribution in [1.29, 1.82) is 0 Å². The number of nitrogens with zero attached hydrogens (tertiary/aromatic N) is 2. The maximum absolute atomic E-state index is 12.2. The Balaban J connectivity index is 1.57. The van der Waals surface area contributed by atoms with Crippen molar-refractivity contribution >= 4 is 40.8 Å². The minimum Gasteiger partial charge on any atom is -0.550 e. The molecule has 0 spiro atoms. The monoisotopic (exact) mass is 341 g/mol. The summed E-state index contributed by atoms with van der Waals surface area (Å²) >= 11 is 11.9. The molecule has 0 N–H and O–H groups in total. The van der Waals surface area contributed by atoms with Crippen LogP contribution in [0.3, 0.4) is 0 Å². The highest BCUT2D eigenvalue weighted by atomic mass is 35.5. The number of halogens is 2. The smallest absolute Gasteiger partial charge is 0.226 e. The summed E-state index contributed by atoms with van der Waals surface area (Å²) in [5.41, 5.74) is 0.973. The highest BCUT2D eigenvalue weighted by Crippen LogP contribution is 2.39. The molecule has 0 aromatic heterocycles. The molecule has 7 heteroatoms. The standard InChI is InChI=1S/C15H16Cl2N2O3/c16-12-2-1-9(7-13(12)17)18-3-5-19(6-4-18)14(20)10-8-11(10)15(21)22/h1-2,7,10-11H,3-6,8H2,(H,21,22)/p-1/t10-,11+/m0/s1. The number of amides is 1. The van der Waals surface area contributed by atoms with E-state index in [1.807, 2.05) is 12.1 Å². The van der Waals surface area contributed by atoms with Gasteiger partial charge in [-0.05, 0) is 24.6 Å². The number of carboxylic acid groups (broad SMARTS) is 1. The third-order valence-corrected chi connectivity index (χ3v) is 5.01. The Hall–Kier alpha value is -1.46. The van der Waals surface area contributed by atoms with Gasteiger partial charge in [-0.3, -0.25) is 4.79 Å². The lowest BCUT2D eigenvalue weighted by molar-refractivity contribution is -0.308. The van der Waals surface area contributed by atoms with Gasteiger partial charge in [0.15, 0.2) is 0 Å². The van der Waals surface area contributed by atoms with E-state index in [0.717, 1.165) is 5.69 Å². The average molecular weight is 342 g/mol. The molecule has 2 atom stereocenters. The van der Waals surface area contributed by atoms with E-state index in [0.29, 0.717) is 42.6 Å². The molecule has 2 aliphatic rings. The zero-order valence-corrected chi connectivity index (χ0v) is 13.3. The van der Waals surface area contributed by atoms with Crippen LogP contribution in [0.15, 0.2) is 18.2 Å². The van der Waals surface area contributed by atoms with Crippen LogP contribution in [0.2, 0.25) is 10.0 Å². The molecule has 1 saturated heterocycles. The van der Waals surface area contributed by atoms with E-state index < -0.39 is 11.9 Å². The van der Waals surface area contributed by atoms with Crippen LogP contribution >= 0.6 is 23.2 Å². The number of carbonyl (C=O) groups is 2. The topological polar surface area (TPSA) is 63.7 Å². The molecule has 1 aliphatic carbocycles. The molecule has 3 rings (SSSR count). The van der Waals surface area contributed by atoms with Crippen LogP contribution < -0.4 is 10.0 Å². The van der Waals surface area contributed by atoms with Gasteiger partial charge >= 0.3 is 0 Å². The van der Waals surface area contributed by atoms with Crippen molar-refractivity contribution in [2.45, 2.75) is 6.42 Å². The van der Waals surface area contributed by atoms with Gasteiger partial charge in [-0.2, -0.15) is 0 Å². The minimum atomic E-state index is -1.12. The summed E-state index contributed by atoms with van der Waals surface area (Å²) in [5, 5.41) is 11.8. The van der Waals surface area contributed by atoms with E-state index in [1.165, 1.54) is 0 Å². The van der Waals surface area contributed by atoms with Gasteiger partial charge in [-0.1, -0.05) is 23.2 Å². The summed E-state index contributed by atoms with van der Waals surface area (Å²) in [7, 11) is 0. The summed E-state index contributed by atoms with van der Waals surface area (Å²) in [5.74, 6) is -2.17. The van der Waals surface area contributed by atoms with E-state index in [9.17, 15) is 14.7 Å². The molecule has 118 valence electrons. The van der Waals surface area contributed by atoms with Gasteiger partial charge in [0, 0.05) is 49.7 Å². The molecule has 22 heavy (non-hydrogen) atoms. The number of hydrogen-bond donors (Lipinski definition) is 0. The molecule has 2 fully saturated rings. The molecule has 1 amide bonds. The number of carboxylic acids is 1. The van der Waals surface area contributed by atoms with Crippen molar-refractivity contribution in [2.75, 3.05) is 31.1 Å². The van der Waals surface area contributed by atoms with Gasteiger partial charge in [0.05, 0.1) is 10.0 Å². The van der Waals surface area contributed by atoms with Crippen LogP contribution in [0.5, 0.6) is 0 Å². The lowest BCUT2D eigenvalue weighted by atomic mass is 10.2. The first kappa shape index (κ1) is 15.4. The number of carbonyl (C=O) groups excluding carboxylic acids is 2. The molecule has 1 aromatic carbocycles. The second-order valence-electron chi connectivity index (χ2n) is 5.68. The SMILES string of the molecule is O=C([O-])[C@@H]1C[C@@H]1C(=O)N1CCN(c2ccc(Cl)c(Cl)c2)CC1. The third-order valence-electron chi connectivity index (χ3n) is 4.27. The van der Waals surface area contributed by atoms with Gasteiger partial charge in [-0.15, -0.1) is 0 Å². The normalized spacial score (nSPS) is 24.3. The summed E-state index contributed by atoms with van der Waals surface area (Å²) in [4.78, 5) is 26.8. The first-order valence-electron chi connectivity index (χ1n) is 7.17. The number of anilines is 1. The molecule has 5 nitrogen and oxygen atoms in total. The highest BCUT2D eigenvalue weighted by Gasteiger charge is 2.46. The second kappa shape index (κ2) is 5.97. The first-order valence-corrected chi connectivity index (χ1v) is 7.92. The average Bonchev–Trinajstić information content (AvgIpc) is 3.30. The lowest BCUT2D eigenvalue weighted by Crippen LogP contribution is -2.49. The summed E-state index contributed by atoms with van der Waals surface area (Å²) in [6, 6.07) is 5.47. The fourth-order valence-electron chi connectivity index (χ4n) is 2.83. The maximum Gasteiger partial charge on any atom is 0.226 e. The van der Waals surface area contributed by atoms with Crippen molar-refractivity contribution in [2.24, 2.45) is 11.8 Å². The van der Waals surface area contributed by atoms with E-state index in [2.05, 4.69) is 4.90 Å². The van der Waals surface area contributed by atoms with Crippen molar-refractivity contribution in [3.8, 4) is 0 Å². The third kappa shape index (κ3) is 3.01. The van der Waals surface area contributed by atoms with Crippen LogP contribution in [-0.2, 0) is 9.59 Å². The molecule has 1 aromatic rings. The fourth-order valence-corrected chi connectivity index (χ4v) is 3.12. The Morgan fingerprint density at radius 1 is 1.05 bits per heavy atom. The Morgan fingerprint density at radius 2 is 1.73 bits per heavy atom.